The Labute approximate surface area is 153 Å². The molecule has 1 fully saturated rings. The molecule has 6 nitrogen and oxygen atoms in total. The van der Waals surface area contributed by atoms with Gasteiger partial charge < -0.3 is 14.2 Å². The molecule has 6 heteroatoms. The summed E-state index contributed by atoms with van der Waals surface area (Å²) in [6, 6.07) is 12.8. The fraction of sp³-hybridized carbons (Fsp3) is 0.400. The first-order chi connectivity index (χ1) is 12.4. The lowest BCUT2D eigenvalue weighted by Gasteiger charge is -2.31. The van der Waals surface area contributed by atoms with Crippen LogP contribution < -0.4 is 4.74 Å². The summed E-state index contributed by atoms with van der Waals surface area (Å²) in [5, 5.41) is 0. The van der Waals surface area contributed by atoms with Gasteiger partial charge >= 0.3 is 6.09 Å². The van der Waals surface area contributed by atoms with E-state index in [0.717, 1.165) is 17.0 Å². The van der Waals surface area contributed by atoms with Gasteiger partial charge in [-0.15, -0.1) is 0 Å². The zero-order chi connectivity index (χ0) is 18.7. The second-order valence-corrected chi connectivity index (χ2v) is 7.12. The minimum Gasteiger partial charge on any atom is -0.497 e. The summed E-state index contributed by atoms with van der Waals surface area (Å²) in [5.41, 5.74) is 1.03. The number of benzene rings is 1. The molecule has 138 valence electrons. The van der Waals surface area contributed by atoms with Gasteiger partial charge in [-0.2, -0.15) is 0 Å². The summed E-state index contributed by atoms with van der Waals surface area (Å²) in [7, 11) is 1.62. The first kappa shape index (κ1) is 18.2. The molecule has 1 amide bonds. The highest BCUT2D eigenvalue weighted by Gasteiger charge is 2.42. The van der Waals surface area contributed by atoms with Crippen LogP contribution in [0.25, 0.3) is 0 Å². The van der Waals surface area contributed by atoms with Crippen LogP contribution in [0.5, 0.6) is 5.75 Å². The second-order valence-electron chi connectivity index (χ2n) is 7.12. The van der Waals surface area contributed by atoms with Gasteiger partial charge in [-0.05, 0) is 45.0 Å². The smallest absolute Gasteiger partial charge is 0.413 e. The molecule has 1 saturated heterocycles. The molecule has 26 heavy (non-hydrogen) atoms. The summed E-state index contributed by atoms with van der Waals surface area (Å²) >= 11 is 0. The number of amides is 1. The number of rotatable bonds is 3. The van der Waals surface area contributed by atoms with E-state index in [9.17, 15) is 4.79 Å². The highest BCUT2D eigenvalue weighted by Crippen LogP contribution is 2.39. The van der Waals surface area contributed by atoms with Gasteiger partial charge in [-0.3, -0.25) is 9.88 Å². The van der Waals surface area contributed by atoms with Gasteiger partial charge in [0.25, 0.3) is 0 Å². The molecular formula is C20H24N2O4. The Morgan fingerprint density at radius 1 is 1.19 bits per heavy atom. The Hall–Kier alpha value is -2.60. The van der Waals surface area contributed by atoms with Crippen LogP contribution in [0.2, 0.25) is 0 Å². The van der Waals surface area contributed by atoms with Crippen LogP contribution >= 0.6 is 0 Å². The molecule has 2 heterocycles. The van der Waals surface area contributed by atoms with E-state index in [0.29, 0.717) is 6.61 Å². The SMILES string of the molecule is COc1ccc(C2OCC(c3ccccn3)N2C(=O)OC(C)(C)C)cc1. The van der Waals surface area contributed by atoms with E-state index >= 15 is 0 Å². The van der Waals surface area contributed by atoms with Crippen molar-refractivity contribution in [2.75, 3.05) is 13.7 Å². The normalized spacial score (nSPS) is 20.1. The van der Waals surface area contributed by atoms with E-state index in [-0.39, 0.29) is 6.04 Å². The molecule has 3 rings (SSSR count). The Bertz CT molecular complexity index is 741. The Balaban J connectivity index is 1.93. The lowest BCUT2D eigenvalue weighted by atomic mass is 10.1. The molecule has 1 aromatic heterocycles. The molecule has 1 aromatic carbocycles. The maximum atomic E-state index is 12.9. The van der Waals surface area contributed by atoms with Gasteiger partial charge in [0.1, 0.15) is 17.4 Å². The Kier molecular flexibility index (Phi) is 5.13. The molecule has 0 N–H and O–H groups in total. The average Bonchev–Trinajstić information content (AvgIpc) is 3.06. The van der Waals surface area contributed by atoms with E-state index in [4.69, 9.17) is 14.2 Å². The lowest BCUT2D eigenvalue weighted by Crippen LogP contribution is -2.38. The van der Waals surface area contributed by atoms with Crippen LogP contribution in [-0.2, 0) is 9.47 Å². The van der Waals surface area contributed by atoms with Crippen LogP contribution in [0.1, 0.15) is 44.3 Å². The molecule has 2 unspecified atom stereocenters. The largest absolute Gasteiger partial charge is 0.497 e. The first-order valence-electron chi connectivity index (χ1n) is 8.57. The standard InChI is InChI=1S/C20H24N2O4/c1-20(2,3)26-19(23)22-17(16-7-5-6-12-21-16)13-25-18(22)14-8-10-15(24-4)11-9-14/h5-12,17-18H,13H2,1-4H3. The van der Waals surface area contributed by atoms with Gasteiger partial charge in [0.05, 0.1) is 19.4 Å². The molecule has 0 spiro atoms. The van der Waals surface area contributed by atoms with E-state index in [2.05, 4.69) is 4.98 Å². The number of carbonyl (C=O) groups excluding carboxylic acids is 1. The van der Waals surface area contributed by atoms with E-state index in [1.54, 1.807) is 18.2 Å². The second kappa shape index (κ2) is 7.33. The van der Waals surface area contributed by atoms with Gasteiger partial charge in [-0.25, -0.2) is 4.79 Å². The van der Waals surface area contributed by atoms with Crippen LogP contribution in [0.3, 0.4) is 0 Å². The van der Waals surface area contributed by atoms with Crippen molar-refractivity contribution in [2.24, 2.45) is 0 Å². The van der Waals surface area contributed by atoms with Crippen molar-refractivity contribution in [3.63, 3.8) is 0 Å². The highest BCUT2D eigenvalue weighted by molar-refractivity contribution is 5.69. The quantitative estimate of drug-likeness (QED) is 0.829. The van der Waals surface area contributed by atoms with Gasteiger partial charge in [0, 0.05) is 11.8 Å². The van der Waals surface area contributed by atoms with Gasteiger partial charge in [0.2, 0.25) is 0 Å². The lowest BCUT2D eigenvalue weighted by molar-refractivity contribution is -0.0144. The first-order valence-corrected chi connectivity index (χ1v) is 8.57. The van der Waals surface area contributed by atoms with Gasteiger partial charge in [-0.1, -0.05) is 18.2 Å². The fourth-order valence-electron chi connectivity index (χ4n) is 2.87. The third kappa shape index (κ3) is 3.96. The topological polar surface area (TPSA) is 60.9 Å². The zero-order valence-electron chi connectivity index (χ0n) is 15.5. The van der Waals surface area contributed by atoms with E-state index < -0.39 is 17.9 Å². The van der Waals surface area contributed by atoms with Crippen LogP contribution in [0, 0.1) is 0 Å². The molecule has 0 aliphatic carbocycles. The van der Waals surface area contributed by atoms with Crippen LogP contribution in [-0.4, -0.2) is 35.3 Å². The van der Waals surface area contributed by atoms with Crippen molar-refractivity contribution < 1.29 is 19.0 Å². The van der Waals surface area contributed by atoms with Crippen molar-refractivity contribution in [3.05, 3.63) is 59.9 Å². The zero-order valence-corrected chi connectivity index (χ0v) is 15.5. The van der Waals surface area contributed by atoms with E-state index in [1.807, 2.05) is 63.2 Å². The molecule has 2 aromatic rings. The van der Waals surface area contributed by atoms with Crippen molar-refractivity contribution in [2.45, 2.75) is 38.6 Å². The van der Waals surface area contributed by atoms with Crippen LogP contribution in [0.4, 0.5) is 4.79 Å². The highest BCUT2D eigenvalue weighted by atomic mass is 16.6. The summed E-state index contributed by atoms with van der Waals surface area (Å²) in [6.07, 6.45) is 0.748. The maximum Gasteiger partial charge on any atom is 0.413 e. The molecule has 1 aliphatic heterocycles. The molecular weight excluding hydrogens is 332 g/mol. The summed E-state index contributed by atoms with van der Waals surface area (Å²) in [5.74, 6) is 0.747. The molecule has 0 saturated carbocycles. The Morgan fingerprint density at radius 2 is 1.92 bits per heavy atom. The Morgan fingerprint density at radius 3 is 2.50 bits per heavy atom. The summed E-state index contributed by atoms with van der Waals surface area (Å²) in [4.78, 5) is 18.9. The summed E-state index contributed by atoms with van der Waals surface area (Å²) in [6.45, 7) is 5.90. The third-order valence-corrected chi connectivity index (χ3v) is 4.03. The number of hydrogen-bond acceptors (Lipinski definition) is 5. The van der Waals surface area contributed by atoms with Crippen molar-refractivity contribution in [1.29, 1.82) is 0 Å². The number of hydrogen-bond donors (Lipinski definition) is 0. The van der Waals surface area contributed by atoms with Crippen molar-refractivity contribution >= 4 is 6.09 Å². The monoisotopic (exact) mass is 356 g/mol. The van der Waals surface area contributed by atoms with Crippen molar-refractivity contribution in [1.82, 2.24) is 9.88 Å². The minimum absolute atomic E-state index is 0.307. The molecule has 2 atom stereocenters. The van der Waals surface area contributed by atoms with E-state index in [1.165, 1.54) is 0 Å². The number of pyridine rings is 1. The number of ether oxygens (including phenoxy) is 3. The fourth-order valence-corrected chi connectivity index (χ4v) is 2.87. The van der Waals surface area contributed by atoms with Gasteiger partial charge in [0.15, 0.2) is 6.23 Å². The minimum atomic E-state index is -0.598. The number of aromatic nitrogens is 1. The number of carbonyl (C=O) groups is 1. The average molecular weight is 356 g/mol. The molecule has 1 aliphatic rings. The third-order valence-electron chi connectivity index (χ3n) is 4.03. The summed E-state index contributed by atoms with van der Waals surface area (Å²) < 4.78 is 16.8. The molecule has 0 bridgehead atoms. The predicted molar refractivity (Wildman–Crippen MR) is 96.7 cm³/mol. The number of methoxy groups -OCH3 is 1. The molecule has 0 radical (unpaired) electrons. The predicted octanol–water partition coefficient (Wildman–Crippen LogP) is 4.10. The van der Waals surface area contributed by atoms with Crippen molar-refractivity contribution in [3.8, 4) is 5.75 Å². The van der Waals surface area contributed by atoms with Crippen LogP contribution in [0.15, 0.2) is 48.7 Å². The maximum absolute atomic E-state index is 12.9. The number of nitrogens with zero attached hydrogens (tertiary/aromatic N) is 2.